The Morgan fingerprint density at radius 2 is 1.42 bits per heavy atom. The molecule has 8 heteroatoms. The number of amides is 2. The second-order valence-electron chi connectivity index (χ2n) is 13.3. The fraction of sp³-hybridized carbons (Fsp3) is 0.575. The minimum absolute atomic E-state index is 0.119. The van der Waals surface area contributed by atoms with Gasteiger partial charge in [0.2, 0.25) is 5.91 Å². The number of thioether (sulfide) groups is 1. The number of aliphatic hydroxyl groups is 1. The topological polar surface area (TPSA) is 104 Å². The number of carboxylic acids is 1. The number of aliphatic carboxylic acids is 1. The lowest BCUT2D eigenvalue weighted by atomic mass is 9.77. The van der Waals surface area contributed by atoms with E-state index in [0.717, 1.165) is 68.2 Å². The summed E-state index contributed by atoms with van der Waals surface area (Å²) < 4.78 is 4.85. The SMILES string of the molecule is CCCCCCCOCCCCCC/C=C/C(C(=O)N1C(=O)SC(c2ccccc2)(c2ccccc2)[C@@H]1C(C)C)C(O)(CCC)C(=O)O. The minimum Gasteiger partial charge on any atom is -0.479 e. The Labute approximate surface area is 292 Å². The van der Waals surface area contributed by atoms with E-state index in [2.05, 4.69) is 6.92 Å². The Kier molecular flexibility index (Phi) is 16.4. The molecule has 0 spiro atoms. The van der Waals surface area contributed by atoms with E-state index in [9.17, 15) is 24.6 Å². The smallest absolute Gasteiger partial charge is 0.336 e. The lowest BCUT2D eigenvalue weighted by Crippen LogP contribution is -2.56. The van der Waals surface area contributed by atoms with Crippen molar-refractivity contribution in [3.63, 3.8) is 0 Å². The second-order valence-corrected chi connectivity index (χ2v) is 14.5. The predicted octanol–water partition coefficient (Wildman–Crippen LogP) is 9.38. The molecule has 0 saturated carbocycles. The molecule has 0 aliphatic carbocycles. The van der Waals surface area contributed by atoms with Gasteiger partial charge in [-0.2, -0.15) is 0 Å². The van der Waals surface area contributed by atoms with Crippen molar-refractivity contribution in [1.82, 2.24) is 4.90 Å². The van der Waals surface area contributed by atoms with Gasteiger partial charge in [-0.3, -0.25) is 14.5 Å². The molecule has 0 aromatic heterocycles. The molecule has 1 fully saturated rings. The van der Waals surface area contributed by atoms with Crippen LogP contribution in [-0.4, -0.2) is 57.1 Å². The van der Waals surface area contributed by atoms with Crippen molar-refractivity contribution in [3.05, 3.63) is 83.9 Å². The van der Waals surface area contributed by atoms with Crippen molar-refractivity contribution < 1.29 is 29.3 Å². The third-order valence-corrected chi connectivity index (χ3v) is 10.7. The van der Waals surface area contributed by atoms with Crippen molar-refractivity contribution in [1.29, 1.82) is 0 Å². The first-order valence-electron chi connectivity index (χ1n) is 18.0. The molecular weight excluding hydrogens is 623 g/mol. The van der Waals surface area contributed by atoms with Crippen LogP contribution in [0.5, 0.6) is 0 Å². The van der Waals surface area contributed by atoms with Crippen LogP contribution in [0.4, 0.5) is 4.79 Å². The summed E-state index contributed by atoms with van der Waals surface area (Å²) in [7, 11) is 0. The first-order chi connectivity index (χ1) is 23.1. The van der Waals surface area contributed by atoms with Gasteiger partial charge in [0.1, 0.15) is 0 Å². The number of carboxylic acid groups (broad SMARTS) is 1. The maximum Gasteiger partial charge on any atom is 0.336 e. The van der Waals surface area contributed by atoms with E-state index in [4.69, 9.17) is 4.74 Å². The summed E-state index contributed by atoms with van der Waals surface area (Å²) in [6.07, 6.45) is 14.2. The summed E-state index contributed by atoms with van der Waals surface area (Å²) in [5, 5.41) is 21.5. The lowest BCUT2D eigenvalue weighted by Gasteiger charge is -2.41. The number of allylic oxidation sites excluding steroid dienone is 1. The summed E-state index contributed by atoms with van der Waals surface area (Å²) in [4.78, 5) is 42.6. The first-order valence-corrected chi connectivity index (χ1v) is 18.8. The quantitative estimate of drug-likeness (QED) is 0.0944. The molecule has 0 radical (unpaired) electrons. The number of hydrogen-bond donors (Lipinski definition) is 2. The highest BCUT2D eigenvalue weighted by molar-refractivity contribution is 8.15. The van der Waals surface area contributed by atoms with E-state index in [1.54, 1.807) is 13.0 Å². The van der Waals surface area contributed by atoms with Crippen molar-refractivity contribution in [3.8, 4) is 0 Å². The van der Waals surface area contributed by atoms with Gasteiger partial charge in [-0.15, -0.1) is 0 Å². The number of ether oxygens (including phenoxy) is 1. The van der Waals surface area contributed by atoms with Gasteiger partial charge in [0.05, 0.1) is 16.7 Å². The van der Waals surface area contributed by atoms with E-state index in [0.29, 0.717) is 12.8 Å². The third-order valence-electron chi connectivity index (χ3n) is 9.33. The molecule has 264 valence electrons. The van der Waals surface area contributed by atoms with Crippen molar-refractivity contribution in [2.24, 2.45) is 11.8 Å². The largest absolute Gasteiger partial charge is 0.479 e. The standard InChI is InChI=1S/C40H57NO6S/c1-5-7-8-12-21-29-47-30-22-13-10-9-11-20-27-34(39(46,28-6-2)37(43)44)36(42)41-35(31(3)4)40(48-38(41)45,32-23-16-14-17-24-32)33-25-18-15-19-26-33/h14-20,23-27,31,34-35,46H,5-13,21-22,28-30H2,1-4H3,(H,43,44)/b27-20+/t34?,35-,39?/m0/s1. The summed E-state index contributed by atoms with van der Waals surface area (Å²) in [5.74, 6) is -3.74. The molecule has 3 atom stereocenters. The average Bonchev–Trinajstić information content (AvgIpc) is 3.41. The molecule has 0 bridgehead atoms. The van der Waals surface area contributed by atoms with Crippen LogP contribution < -0.4 is 0 Å². The molecule has 1 aliphatic heterocycles. The van der Waals surface area contributed by atoms with Crippen LogP contribution in [-0.2, 0) is 19.1 Å². The fourth-order valence-corrected chi connectivity index (χ4v) is 8.45. The number of unbranched alkanes of at least 4 members (excludes halogenated alkanes) is 8. The fourth-order valence-electron chi connectivity index (χ4n) is 6.87. The third kappa shape index (κ3) is 9.82. The van der Waals surface area contributed by atoms with Crippen LogP contribution >= 0.6 is 11.8 Å². The van der Waals surface area contributed by atoms with Gasteiger partial charge in [0, 0.05) is 13.2 Å². The van der Waals surface area contributed by atoms with Crippen LogP contribution in [0, 0.1) is 11.8 Å². The van der Waals surface area contributed by atoms with E-state index in [-0.39, 0.29) is 12.3 Å². The molecule has 2 aromatic carbocycles. The Hall–Kier alpha value is -2.94. The highest BCUT2D eigenvalue weighted by atomic mass is 32.2. The van der Waals surface area contributed by atoms with Crippen LogP contribution in [0.1, 0.15) is 116 Å². The average molecular weight is 680 g/mol. The van der Waals surface area contributed by atoms with Crippen molar-refractivity contribution >= 4 is 28.9 Å². The second kappa shape index (κ2) is 19.9. The zero-order valence-corrected chi connectivity index (χ0v) is 30.3. The molecule has 7 nitrogen and oxygen atoms in total. The number of hydrogen-bond acceptors (Lipinski definition) is 6. The van der Waals surface area contributed by atoms with Gasteiger partial charge in [-0.1, -0.05) is 145 Å². The Balaban J connectivity index is 1.80. The summed E-state index contributed by atoms with van der Waals surface area (Å²) in [6.45, 7) is 9.52. The van der Waals surface area contributed by atoms with Crippen molar-refractivity contribution in [2.45, 2.75) is 121 Å². The summed E-state index contributed by atoms with van der Waals surface area (Å²) in [5.41, 5.74) is -0.585. The molecule has 2 aromatic rings. The molecule has 48 heavy (non-hydrogen) atoms. The van der Waals surface area contributed by atoms with Gasteiger partial charge in [0.25, 0.3) is 5.24 Å². The lowest BCUT2D eigenvalue weighted by molar-refractivity contribution is -0.169. The molecule has 1 saturated heterocycles. The molecule has 3 rings (SSSR count). The number of carbonyl (C=O) groups excluding carboxylic acids is 2. The van der Waals surface area contributed by atoms with Crippen molar-refractivity contribution in [2.75, 3.05) is 13.2 Å². The number of rotatable bonds is 22. The molecule has 1 aliphatic rings. The maximum absolute atomic E-state index is 14.6. The van der Waals surface area contributed by atoms with Crippen LogP contribution in [0.2, 0.25) is 0 Å². The monoisotopic (exact) mass is 679 g/mol. The summed E-state index contributed by atoms with van der Waals surface area (Å²) >= 11 is 1.09. The normalized spacial score (nSPS) is 18.0. The van der Waals surface area contributed by atoms with Crippen LogP contribution in [0.15, 0.2) is 72.8 Å². The van der Waals surface area contributed by atoms with E-state index in [1.807, 2.05) is 74.5 Å². The predicted molar refractivity (Wildman–Crippen MR) is 195 cm³/mol. The van der Waals surface area contributed by atoms with E-state index in [1.165, 1.54) is 36.7 Å². The molecule has 2 N–H and O–H groups in total. The van der Waals surface area contributed by atoms with E-state index >= 15 is 0 Å². The van der Waals surface area contributed by atoms with Crippen LogP contribution in [0.25, 0.3) is 0 Å². The summed E-state index contributed by atoms with van der Waals surface area (Å²) in [6, 6.07) is 18.8. The molecule has 2 unspecified atom stereocenters. The number of benzene rings is 2. The Morgan fingerprint density at radius 1 is 0.875 bits per heavy atom. The van der Waals surface area contributed by atoms with Gasteiger partial charge in [0.15, 0.2) is 5.60 Å². The number of imide groups is 1. The molecular formula is C40H57NO6S. The highest BCUT2D eigenvalue weighted by Crippen LogP contribution is 2.56. The number of carbonyl (C=O) groups is 3. The molecule has 2 amide bonds. The van der Waals surface area contributed by atoms with Gasteiger partial charge < -0.3 is 14.9 Å². The van der Waals surface area contributed by atoms with Gasteiger partial charge in [-0.05, 0) is 60.9 Å². The van der Waals surface area contributed by atoms with Gasteiger partial charge in [-0.25, -0.2) is 4.79 Å². The highest BCUT2D eigenvalue weighted by Gasteiger charge is 2.60. The number of nitrogens with zero attached hydrogens (tertiary/aromatic N) is 1. The maximum atomic E-state index is 14.6. The van der Waals surface area contributed by atoms with E-state index < -0.39 is 39.4 Å². The van der Waals surface area contributed by atoms with Gasteiger partial charge >= 0.3 is 5.97 Å². The van der Waals surface area contributed by atoms with Crippen LogP contribution in [0.3, 0.4) is 0 Å². The zero-order chi connectivity index (χ0) is 35.0. The zero-order valence-electron chi connectivity index (χ0n) is 29.4. The Morgan fingerprint density at radius 3 is 1.92 bits per heavy atom. The minimum atomic E-state index is -2.35. The Bertz CT molecular complexity index is 1260. The first kappa shape index (κ1) is 39.5. The molecule has 1 heterocycles.